The molecule has 4 nitrogen and oxygen atoms in total. The lowest BCUT2D eigenvalue weighted by atomic mass is 9.89. The van der Waals surface area contributed by atoms with Gasteiger partial charge < -0.3 is 14.2 Å². The zero-order chi connectivity index (χ0) is 22.2. The Labute approximate surface area is 205 Å². The Hall–Kier alpha value is -1.89. The third-order valence-electron chi connectivity index (χ3n) is 7.30. The fourth-order valence-corrected chi connectivity index (χ4v) is 6.92. The van der Waals surface area contributed by atoms with Gasteiger partial charge in [0.1, 0.15) is 11.4 Å². The molecule has 1 fully saturated rings. The first kappa shape index (κ1) is 24.2. The van der Waals surface area contributed by atoms with Crippen LogP contribution in [0.2, 0.25) is 0 Å². The Morgan fingerprint density at radius 1 is 1.24 bits per heavy atom. The molecule has 0 aliphatic carbocycles. The minimum Gasteiger partial charge on any atom is -0.464 e. The van der Waals surface area contributed by atoms with Gasteiger partial charge in [0.2, 0.25) is 5.91 Å². The number of hydrogen-bond acceptors (Lipinski definition) is 4. The molecule has 5 rings (SSSR count). The number of likely N-dealkylation sites (tertiary alicyclic amines) is 1. The fraction of sp³-hybridized carbons (Fsp3) is 0.500. The molecule has 0 atom stereocenters. The van der Waals surface area contributed by atoms with Crippen molar-refractivity contribution in [2.75, 3.05) is 26.2 Å². The zero-order valence-corrected chi connectivity index (χ0v) is 21.0. The van der Waals surface area contributed by atoms with Crippen LogP contribution in [-0.2, 0) is 30.6 Å². The van der Waals surface area contributed by atoms with Crippen LogP contribution in [0.25, 0.3) is 11.0 Å². The Morgan fingerprint density at radius 2 is 2.03 bits per heavy atom. The van der Waals surface area contributed by atoms with Crippen LogP contribution in [0.5, 0.6) is 0 Å². The number of carbonyl (C=O) groups is 1. The van der Waals surface area contributed by atoms with Crippen LogP contribution in [0.4, 0.5) is 4.39 Å². The van der Waals surface area contributed by atoms with Crippen LogP contribution in [0.3, 0.4) is 0 Å². The van der Waals surface area contributed by atoms with E-state index in [1.165, 1.54) is 33.0 Å². The van der Waals surface area contributed by atoms with Gasteiger partial charge in [-0.1, -0.05) is 6.92 Å². The van der Waals surface area contributed by atoms with Crippen LogP contribution in [0.1, 0.15) is 59.1 Å². The molecule has 2 aliphatic heterocycles. The number of furan rings is 1. The van der Waals surface area contributed by atoms with Gasteiger partial charge in [0.15, 0.2) is 0 Å². The van der Waals surface area contributed by atoms with Gasteiger partial charge in [0.25, 0.3) is 0 Å². The maximum Gasteiger partial charge on any atom is 0.219 e. The summed E-state index contributed by atoms with van der Waals surface area (Å²) >= 11 is 1.93. The summed E-state index contributed by atoms with van der Waals surface area (Å²) in [5, 5.41) is 1.06. The number of hydrogen-bond donors (Lipinski definition) is 0. The van der Waals surface area contributed by atoms with Crippen molar-refractivity contribution in [1.29, 1.82) is 0 Å². The van der Waals surface area contributed by atoms with E-state index in [4.69, 9.17) is 4.42 Å². The summed E-state index contributed by atoms with van der Waals surface area (Å²) in [5.41, 5.74) is 4.94. The van der Waals surface area contributed by atoms with E-state index >= 15 is 0 Å². The molecule has 0 spiro atoms. The molecular weight excluding hydrogens is 459 g/mol. The van der Waals surface area contributed by atoms with Gasteiger partial charge in [-0.3, -0.25) is 4.79 Å². The normalized spacial score (nSPS) is 17.2. The van der Waals surface area contributed by atoms with E-state index in [2.05, 4.69) is 11.8 Å². The molecule has 0 radical (unpaired) electrons. The average molecular weight is 491 g/mol. The van der Waals surface area contributed by atoms with Crippen molar-refractivity contribution in [2.24, 2.45) is 0 Å². The van der Waals surface area contributed by atoms with Crippen molar-refractivity contribution in [1.82, 2.24) is 9.80 Å². The van der Waals surface area contributed by atoms with Crippen molar-refractivity contribution >= 4 is 40.6 Å². The minimum atomic E-state index is -0.246. The monoisotopic (exact) mass is 490 g/mol. The van der Waals surface area contributed by atoms with Crippen molar-refractivity contribution in [2.45, 2.75) is 58.4 Å². The number of piperidine rings is 1. The molecule has 4 heterocycles. The highest BCUT2D eigenvalue weighted by Gasteiger charge is 2.26. The summed E-state index contributed by atoms with van der Waals surface area (Å²) in [7, 11) is 0. The maximum atomic E-state index is 13.5. The summed E-state index contributed by atoms with van der Waals surface area (Å²) in [4.78, 5) is 19.3. The molecule has 0 bridgehead atoms. The second kappa shape index (κ2) is 10.2. The molecule has 2 aromatic heterocycles. The second-order valence-corrected chi connectivity index (χ2v) is 10.3. The van der Waals surface area contributed by atoms with Crippen molar-refractivity contribution in [3.8, 4) is 0 Å². The van der Waals surface area contributed by atoms with Crippen molar-refractivity contribution in [3.05, 3.63) is 56.7 Å². The highest BCUT2D eigenvalue weighted by molar-refractivity contribution is 7.12. The lowest BCUT2D eigenvalue weighted by molar-refractivity contribution is -0.129. The number of carbonyl (C=O) groups excluding carboxylic acids is 1. The molecule has 0 N–H and O–H groups in total. The number of amides is 1. The molecule has 1 aromatic carbocycles. The first-order chi connectivity index (χ1) is 15.5. The molecule has 2 aliphatic rings. The van der Waals surface area contributed by atoms with Gasteiger partial charge in [-0.2, -0.15) is 0 Å². The van der Waals surface area contributed by atoms with E-state index < -0.39 is 0 Å². The fourth-order valence-electron chi connectivity index (χ4n) is 5.47. The van der Waals surface area contributed by atoms with E-state index in [0.29, 0.717) is 11.5 Å². The van der Waals surface area contributed by atoms with E-state index in [0.717, 1.165) is 70.2 Å². The molecule has 3 aromatic rings. The Balaban J connectivity index is 0.00000259. The number of benzene rings is 1. The van der Waals surface area contributed by atoms with E-state index in [1.54, 1.807) is 12.5 Å². The molecule has 0 unspecified atom stereocenters. The zero-order valence-electron chi connectivity index (χ0n) is 19.4. The van der Waals surface area contributed by atoms with Gasteiger partial charge in [-0.15, -0.1) is 23.7 Å². The Kier molecular flexibility index (Phi) is 7.46. The average Bonchev–Trinajstić information content (AvgIpc) is 3.37. The smallest absolute Gasteiger partial charge is 0.219 e. The third kappa shape index (κ3) is 4.84. The van der Waals surface area contributed by atoms with Crippen LogP contribution >= 0.6 is 23.7 Å². The number of nitrogens with zero attached hydrogens (tertiary/aromatic N) is 2. The maximum absolute atomic E-state index is 13.5. The van der Waals surface area contributed by atoms with Gasteiger partial charge in [-0.25, -0.2) is 4.39 Å². The lowest BCUT2D eigenvalue weighted by Gasteiger charge is -2.31. The highest BCUT2D eigenvalue weighted by Crippen LogP contribution is 2.36. The molecule has 33 heavy (non-hydrogen) atoms. The van der Waals surface area contributed by atoms with E-state index in [-0.39, 0.29) is 24.1 Å². The standard InChI is InChI=1S/C26H31FN2O2S.ClH/c1-3-20-22-8-13-29(17(2)30)15-26(22)32-25(20)9-12-28-10-6-18(7-11-28)23-16-31-24-14-19(27)4-5-21(23)24;/h4-5,14,16,18H,3,6-13,15H2,1-2H3;1H. The van der Waals surface area contributed by atoms with Crippen LogP contribution in [0.15, 0.2) is 28.9 Å². The number of fused-ring (bicyclic) bond motifs is 2. The SMILES string of the molecule is CCc1c(CCN2CCC(c3coc4cc(F)ccc34)CC2)sc2c1CCN(C(C)=O)C2.Cl. The number of thiophene rings is 1. The second-order valence-electron chi connectivity index (χ2n) is 9.15. The van der Waals surface area contributed by atoms with E-state index in [1.807, 2.05) is 28.6 Å². The third-order valence-corrected chi connectivity index (χ3v) is 8.62. The molecule has 178 valence electrons. The van der Waals surface area contributed by atoms with Gasteiger partial charge in [-0.05, 0) is 74.4 Å². The molecular formula is C26H32ClFN2O2S. The van der Waals surface area contributed by atoms with Crippen LogP contribution < -0.4 is 0 Å². The molecule has 0 saturated carbocycles. The highest BCUT2D eigenvalue weighted by atomic mass is 35.5. The summed E-state index contributed by atoms with van der Waals surface area (Å²) in [6, 6.07) is 4.86. The van der Waals surface area contributed by atoms with Crippen molar-refractivity contribution in [3.63, 3.8) is 0 Å². The first-order valence-corrected chi connectivity index (χ1v) is 12.6. The lowest BCUT2D eigenvalue weighted by Crippen LogP contribution is -2.34. The van der Waals surface area contributed by atoms with Crippen LogP contribution in [0, 0.1) is 5.82 Å². The molecule has 1 amide bonds. The molecule has 1 saturated heterocycles. The minimum absolute atomic E-state index is 0. The van der Waals surface area contributed by atoms with Crippen molar-refractivity contribution < 1.29 is 13.6 Å². The largest absolute Gasteiger partial charge is 0.464 e. The summed E-state index contributed by atoms with van der Waals surface area (Å²) in [5.74, 6) is 0.418. The number of rotatable bonds is 5. The Bertz CT molecular complexity index is 1130. The van der Waals surface area contributed by atoms with Gasteiger partial charge in [0.05, 0.1) is 12.8 Å². The summed E-state index contributed by atoms with van der Waals surface area (Å²) in [6.45, 7) is 8.84. The summed E-state index contributed by atoms with van der Waals surface area (Å²) in [6.07, 6.45) is 7.24. The van der Waals surface area contributed by atoms with Gasteiger partial charge in [0, 0.05) is 46.8 Å². The predicted octanol–water partition coefficient (Wildman–Crippen LogP) is 5.94. The first-order valence-electron chi connectivity index (χ1n) is 11.8. The Morgan fingerprint density at radius 3 is 2.76 bits per heavy atom. The molecule has 7 heteroatoms. The summed E-state index contributed by atoms with van der Waals surface area (Å²) < 4.78 is 19.1. The van der Waals surface area contributed by atoms with Gasteiger partial charge >= 0.3 is 0 Å². The topological polar surface area (TPSA) is 36.7 Å². The van der Waals surface area contributed by atoms with Crippen LogP contribution in [-0.4, -0.2) is 41.9 Å². The quantitative estimate of drug-likeness (QED) is 0.443. The van der Waals surface area contributed by atoms with E-state index in [9.17, 15) is 9.18 Å². The predicted molar refractivity (Wildman–Crippen MR) is 134 cm³/mol. The number of halogens is 2.